The van der Waals surface area contributed by atoms with Gasteiger partial charge in [-0.15, -0.1) is 6.58 Å². The van der Waals surface area contributed by atoms with Gasteiger partial charge in [-0.1, -0.05) is 43.3 Å². The first-order valence-corrected chi connectivity index (χ1v) is 6.30. The van der Waals surface area contributed by atoms with Crippen LogP contribution in [0.5, 0.6) is 0 Å². The van der Waals surface area contributed by atoms with Crippen molar-refractivity contribution in [3.8, 4) is 0 Å². The van der Waals surface area contributed by atoms with Crippen LogP contribution in [0.15, 0.2) is 43.0 Å². The number of amides is 2. The van der Waals surface area contributed by atoms with Crippen molar-refractivity contribution < 1.29 is 14.3 Å². The molecule has 2 rings (SSSR count). The lowest BCUT2D eigenvalue weighted by Crippen LogP contribution is -2.37. The number of carbonyl (C=O) groups is 2. The zero-order chi connectivity index (χ0) is 13.8. The molecule has 0 N–H and O–H groups in total. The van der Waals surface area contributed by atoms with Crippen LogP contribution < -0.4 is 0 Å². The van der Waals surface area contributed by atoms with E-state index in [1.54, 1.807) is 13.0 Å². The van der Waals surface area contributed by atoms with Gasteiger partial charge in [0.2, 0.25) is 5.91 Å². The standard InChI is InChI=1S/C15H17NO3/c1-3-7-11(2)14(17)16-13(10-19-15(16)18)12-8-5-4-6-9-12/h3-6,8-9,11,13H,1,7,10H2,2H3. The SMILES string of the molecule is C=CCC(C)C(=O)N1C(=O)OCC1c1ccccc1. The molecule has 100 valence electrons. The fourth-order valence-corrected chi connectivity index (χ4v) is 2.17. The Labute approximate surface area is 112 Å². The zero-order valence-corrected chi connectivity index (χ0v) is 10.9. The number of imide groups is 1. The van der Waals surface area contributed by atoms with Gasteiger partial charge < -0.3 is 4.74 Å². The van der Waals surface area contributed by atoms with E-state index < -0.39 is 6.09 Å². The van der Waals surface area contributed by atoms with Crippen molar-refractivity contribution in [3.63, 3.8) is 0 Å². The van der Waals surface area contributed by atoms with Crippen molar-refractivity contribution in [2.75, 3.05) is 6.61 Å². The van der Waals surface area contributed by atoms with E-state index in [9.17, 15) is 9.59 Å². The van der Waals surface area contributed by atoms with Gasteiger partial charge in [0.1, 0.15) is 12.6 Å². The zero-order valence-electron chi connectivity index (χ0n) is 10.9. The Morgan fingerprint density at radius 1 is 1.53 bits per heavy atom. The van der Waals surface area contributed by atoms with Crippen molar-refractivity contribution in [2.45, 2.75) is 19.4 Å². The van der Waals surface area contributed by atoms with E-state index in [1.165, 1.54) is 4.90 Å². The molecule has 4 heteroatoms. The Kier molecular flexibility index (Phi) is 4.00. The molecular weight excluding hydrogens is 242 g/mol. The second kappa shape index (κ2) is 5.69. The smallest absolute Gasteiger partial charge is 0.417 e. The third-order valence-corrected chi connectivity index (χ3v) is 3.24. The number of allylic oxidation sites excluding steroid dienone is 1. The van der Waals surface area contributed by atoms with Crippen LogP contribution in [0.1, 0.15) is 24.9 Å². The molecule has 4 nitrogen and oxygen atoms in total. The summed E-state index contributed by atoms with van der Waals surface area (Å²) in [5.74, 6) is -0.481. The largest absolute Gasteiger partial charge is 0.446 e. The lowest BCUT2D eigenvalue weighted by molar-refractivity contribution is -0.132. The van der Waals surface area contributed by atoms with Crippen LogP contribution in [0.4, 0.5) is 4.79 Å². The Morgan fingerprint density at radius 2 is 2.21 bits per heavy atom. The molecule has 2 amide bonds. The summed E-state index contributed by atoms with van der Waals surface area (Å²) in [6, 6.07) is 9.12. The molecular formula is C15H17NO3. The Bertz CT molecular complexity index is 483. The number of hydrogen-bond acceptors (Lipinski definition) is 3. The Morgan fingerprint density at radius 3 is 2.84 bits per heavy atom. The number of carbonyl (C=O) groups excluding carboxylic acids is 2. The molecule has 1 aliphatic rings. The number of hydrogen-bond donors (Lipinski definition) is 0. The summed E-state index contributed by atoms with van der Waals surface area (Å²) in [5, 5.41) is 0. The Hall–Kier alpha value is -2.10. The van der Waals surface area contributed by atoms with Crippen molar-refractivity contribution in [3.05, 3.63) is 48.6 Å². The van der Waals surface area contributed by atoms with Gasteiger partial charge in [0, 0.05) is 5.92 Å². The molecule has 1 heterocycles. The normalized spacial score (nSPS) is 19.9. The van der Waals surface area contributed by atoms with Crippen molar-refractivity contribution in [2.24, 2.45) is 5.92 Å². The molecule has 0 aromatic heterocycles. The first kappa shape index (κ1) is 13.3. The minimum atomic E-state index is -0.560. The summed E-state index contributed by atoms with van der Waals surface area (Å²) < 4.78 is 5.02. The van der Waals surface area contributed by atoms with Crippen molar-refractivity contribution >= 4 is 12.0 Å². The molecule has 19 heavy (non-hydrogen) atoms. The Balaban J connectivity index is 2.23. The molecule has 2 atom stereocenters. The monoisotopic (exact) mass is 259 g/mol. The van der Waals surface area contributed by atoms with Crippen molar-refractivity contribution in [1.82, 2.24) is 4.90 Å². The van der Waals surface area contributed by atoms with Gasteiger partial charge in [-0.3, -0.25) is 4.79 Å². The number of nitrogens with zero attached hydrogens (tertiary/aromatic N) is 1. The minimum absolute atomic E-state index is 0.212. The maximum absolute atomic E-state index is 12.3. The third-order valence-electron chi connectivity index (χ3n) is 3.24. The van der Waals surface area contributed by atoms with E-state index in [0.29, 0.717) is 6.42 Å². The molecule has 0 saturated carbocycles. The van der Waals surface area contributed by atoms with E-state index in [1.807, 2.05) is 30.3 Å². The van der Waals surface area contributed by atoms with Crippen LogP contribution in [-0.2, 0) is 9.53 Å². The molecule has 1 aromatic carbocycles. The fourth-order valence-electron chi connectivity index (χ4n) is 2.17. The average Bonchev–Trinajstić information content (AvgIpc) is 2.81. The quantitative estimate of drug-likeness (QED) is 0.781. The predicted octanol–water partition coefficient (Wildman–Crippen LogP) is 2.92. The van der Waals surface area contributed by atoms with Crippen LogP contribution >= 0.6 is 0 Å². The minimum Gasteiger partial charge on any atom is -0.446 e. The molecule has 0 radical (unpaired) electrons. The van der Waals surface area contributed by atoms with E-state index in [2.05, 4.69) is 6.58 Å². The summed E-state index contributed by atoms with van der Waals surface area (Å²) in [6.45, 7) is 5.63. The van der Waals surface area contributed by atoms with Gasteiger partial charge in [0.05, 0.1) is 0 Å². The number of ether oxygens (including phenoxy) is 1. The van der Waals surface area contributed by atoms with E-state index in [-0.39, 0.29) is 24.5 Å². The second-order valence-electron chi connectivity index (χ2n) is 4.64. The topological polar surface area (TPSA) is 46.6 Å². The summed E-state index contributed by atoms with van der Waals surface area (Å²) in [6.07, 6.45) is 1.67. The lowest BCUT2D eigenvalue weighted by Gasteiger charge is -2.22. The average molecular weight is 259 g/mol. The van der Waals surface area contributed by atoms with E-state index in [0.717, 1.165) is 5.56 Å². The highest BCUT2D eigenvalue weighted by molar-refractivity contribution is 5.94. The highest BCUT2D eigenvalue weighted by Crippen LogP contribution is 2.29. The number of rotatable bonds is 4. The van der Waals surface area contributed by atoms with Gasteiger partial charge in [0.15, 0.2) is 0 Å². The first-order valence-electron chi connectivity index (χ1n) is 6.30. The molecule has 1 saturated heterocycles. The second-order valence-corrected chi connectivity index (χ2v) is 4.64. The maximum atomic E-state index is 12.3. The van der Waals surface area contributed by atoms with E-state index >= 15 is 0 Å². The number of benzene rings is 1. The van der Waals surface area contributed by atoms with Crippen LogP contribution in [0.3, 0.4) is 0 Å². The lowest BCUT2D eigenvalue weighted by atomic mass is 10.0. The van der Waals surface area contributed by atoms with Crippen LogP contribution in [0.2, 0.25) is 0 Å². The maximum Gasteiger partial charge on any atom is 0.417 e. The third kappa shape index (κ3) is 2.67. The number of cyclic esters (lactones) is 1. The molecule has 0 aliphatic carbocycles. The molecule has 1 fully saturated rings. The molecule has 0 bridgehead atoms. The van der Waals surface area contributed by atoms with Crippen LogP contribution in [0, 0.1) is 5.92 Å². The molecule has 1 aromatic rings. The van der Waals surface area contributed by atoms with Gasteiger partial charge in [0.25, 0.3) is 0 Å². The first-order chi connectivity index (χ1) is 9.15. The fraction of sp³-hybridized carbons (Fsp3) is 0.333. The van der Waals surface area contributed by atoms with Gasteiger partial charge >= 0.3 is 6.09 Å². The molecule has 1 aliphatic heterocycles. The summed E-state index contributed by atoms with van der Waals surface area (Å²) in [4.78, 5) is 25.3. The molecule has 2 unspecified atom stereocenters. The van der Waals surface area contributed by atoms with Gasteiger partial charge in [-0.05, 0) is 12.0 Å². The van der Waals surface area contributed by atoms with Gasteiger partial charge in [-0.2, -0.15) is 0 Å². The molecule has 0 spiro atoms. The van der Waals surface area contributed by atoms with Crippen LogP contribution in [0.25, 0.3) is 0 Å². The highest BCUT2D eigenvalue weighted by atomic mass is 16.6. The summed E-state index contributed by atoms with van der Waals surface area (Å²) >= 11 is 0. The summed E-state index contributed by atoms with van der Waals surface area (Å²) in [7, 11) is 0. The van der Waals surface area contributed by atoms with Gasteiger partial charge in [-0.25, -0.2) is 9.69 Å². The predicted molar refractivity (Wildman–Crippen MR) is 71.4 cm³/mol. The van der Waals surface area contributed by atoms with Crippen molar-refractivity contribution in [1.29, 1.82) is 0 Å². The summed E-state index contributed by atoms with van der Waals surface area (Å²) in [5.41, 5.74) is 0.910. The highest BCUT2D eigenvalue weighted by Gasteiger charge is 2.40. The van der Waals surface area contributed by atoms with Crippen LogP contribution in [-0.4, -0.2) is 23.5 Å². The van der Waals surface area contributed by atoms with E-state index in [4.69, 9.17) is 4.74 Å².